The minimum Gasteiger partial charge on any atom is -0.493 e. The first kappa shape index (κ1) is 12.7. The van der Waals surface area contributed by atoms with Gasteiger partial charge in [0.1, 0.15) is 0 Å². The van der Waals surface area contributed by atoms with Crippen molar-refractivity contribution in [3.8, 4) is 11.5 Å². The minimum atomic E-state index is 0.0963. The maximum atomic E-state index is 12.3. The van der Waals surface area contributed by atoms with Crippen LogP contribution >= 0.6 is 0 Å². The molecule has 1 heterocycles. The second kappa shape index (κ2) is 5.29. The van der Waals surface area contributed by atoms with E-state index in [2.05, 4.69) is 6.92 Å². The summed E-state index contributed by atoms with van der Waals surface area (Å²) in [6, 6.07) is 3.70. The highest BCUT2D eigenvalue weighted by Gasteiger charge is 2.25. The summed E-state index contributed by atoms with van der Waals surface area (Å²) in [5.74, 6) is 1.40. The largest absolute Gasteiger partial charge is 0.493 e. The highest BCUT2D eigenvalue weighted by atomic mass is 16.5. The molecule has 0 unspecified atom stereocenters. The average molecular weight is 249 g/mol. The van der Waals surface area contributed by atoms with E-state index in [9.17, 15) is 4.79 Å². The summed E-state index contributed by atoms with van der Waals surface area (Å²) in [5, 5.41) is 0. The van der Waals surface area contributed by atoms with Crippen molar-refractivity contribution in [1.82, 2.24) is 4.90 Å². The van der Waals surface area contributed by atoms with Gasteiger partial charge in [0, 0.05) is 18.7 Å². The Labute approximate surface area is 107 Å². The van der Waals surface area contributed by atoms with Gasteiger partial charge in [0.15, 0.2) is 11.5 Å². The van der Waals surface area contributed by atoms with Gasteiger partial charge < -0.3 is 14.4 Å². The summed E-state index contributed by atoms with van der Waals surface area (Å²) in [4.78, 5) is 14.2. The van der Waals surface area contributed by atoms with Crippen molar-refractivity contribution < 1.29 is 14.3 Å². The Kier molecular flexibility index (Phi) is 3.75. The quantitative estimate of drug-likeness (QED) is 0.820. The second-order valence-corrected chi connectivity index (χ2v) is 4.41. The number of hydrogen-bond donors (Lipinski definition) is 0. The molecule has 0 atom stereocenters. The van der Waals surface area contributed by atoms with Gasteiger partial charge in [-0.2, -0.15) is 0 Å². The van der Waals surface area contributed by atoms with Crippen LogP contribution in [0.15, 0.2) is 12.1 Å². The first-order valence-electron chi connectivity index (χ1n) is 6.25. The molecular weight excluding hydrogens is 230 g/mol. The first-order chi connectivity index (χ1) is 8.71. The van der Waals surface area contributed by atoms with Crippen molar-refractivity contribution in [2.24, 2.45) is 0 Å². The summed E-state index contributed by atoms with van der Waals surface area (Å²) < 4.78 is 10.5. The van der Waals surface area contributed by atoms with Gasteiger partial charge in [0.25, 0.3) is 5.91 Å². The Morgan fingerprint density at radius 1 is 1.22 bits per heavy atom. The minimum absolute atomic E-state index is 0.0963. The third-order valence-corrected chi connectivity index (χ3v) is 3.27. The fourth-order valence-corrected chi connectivity index (χ4v) is 2.34. The number of nitrogens with zero attached hydrogens (tertiary/aromatic N) is 1. The van der Waals surface area contributed by atoms with Gasteiger partial charge in [-0.3, -0.25) is 4.79 Å². The number of benzene rings is 1. The molecule has 4 nitrogen and oxygen atoms in total. The number of fused-ring (bicyclic) bond motifs is 1. The Bertz CT molecular complexity index is 457. The lowest BCUT2D eigenvalue weighted by molar-refractivity contribution is 0.0739. The topological polar surface area (TPSA) is 38.8 Å². The van der Waals surface area contributed by atoms with Crippen LogP contribution in [0.2, 0.25) is 0 Å². The van der Waals surface area contributed by atoms with Crippen molar-refractivity contribution in [2.45, 2.75) is 19.8 Å². The normalized spacial score (nSPS) is 14.4. The number of ether oxygens (including phenoxy) is 2. The maximum Gasteiger partial charge on any atom is 0.254 e. The SMILES string of the molecule is CCCN1CCc2cc(OC)c(OC)cc2C1=O. The number of hydrogen-bond acceptors (Lipinski definition) is 3. The van der Waals surface area contributed by atoms with Gasteiger partial charge in [-0.1, -0.05) is 6.92 Å². The van der Waals surface area contributed by atoms with Crippen molar-refractivity contribution in [1.29, 1.82) is 0 Å². The van der Waals surface area contributed by atoms with Gasteiger partial charge in [-0.15, -0.1) is 0 Å². The molecule has 0 aliphatic carbocycles. The lowest BCUT2D eigenvalue weighted by Gasteiger charge is -2.29. The van der Waals surface area contributed by atoms with Crippen LogP contribution in [-0.2, 0) is 6.42 Å². The van der Waals surface area contributed by atoms with Gasteiger partial charge in [-0.05, 0) is 30.5 Å². The highest BCUT2D eigenvalue weighted by molar-refractivity contribution is 5.97. The molecule has 1 aromatic carbocycles. The fraction of sp³-hybridized carbons (Fsp3) is 0.500. The molecule has 1 aliphatic heterocycles. The van der Waals surface area contributed by atoms with E-state index in [4.69, 9.17) is 9.47 Å². The number of methoxy groups -OCH3 is 2. The van der Waals surface area contributed by atoms with E-state index in [0.29, 0.717) is 11.5 Å². The Hall–Kier alpha value is -1.71. The predicted molar refractivity (Wildman–Crippen MR) is 69.4 cm³/mol. The van der Waals surface area contributed by atoms with E-state index in [1.807, 2.05) is 11.0 Å². The lowest BCUT2D eigenvalue weighted by atomic mass is 9.98. The summed E-state index contributed by atoms with van der Waals surface area (Å²) in [5.41, 5.74) is 1.79. The van der Waals surface area contributed by atoms with E-state index in [1.165, 1.54) is 0 Å². The molecule has 18 heavy (non-hydrogen) atoms. The van der Waals surface area contributed by atoms with Crippen LogP contribution < -0.4 is 9.47 Å². The van der Waals surface area contributed by atoms with Crippen molar-refractivity contribution >= 4 is 5.91 Å². The van der Waals surface area contributed by atoms with Crippen LogP contribution in [0, 0.1) is 0 Å². The number of amides is 1. The fourth-order valence-electron chi connectivity index (χ4n) is 2.34. The molecule has 4 heteroatoms. The summed E-state index contributed by atoms with van der Waals surface area (Å²) >= 11 is 0. The zero-order valence-corrected chi connectivity index (χ0v) is 11.2. The molecule has 0 saturated carbocycles. The van der Waals surface area contributed by atoms with Crippen LogP contribution in [-0.4, -0.2) is 38.1 Å². The monoisotopic (exact) mass is 249 g/mol. The Balaban J connectivity index is 2.39. The molecule has 0 N–H and O–H groups in total. The molecule has 0 radical (unpaired) electrons. The molecule has 1 aromatic rings. The molecule has 0 spiro atoms. The molecule has 98 valence electrons. The Morgan fingerprint density at radius 2 is 1.89 bits per heavy atom. The van der Waals surface area contributed by atoms with Gasteiger partial charge in [0.2, 0.25) is 0 Å². The van der Waals surface area contributed by atoms with Crippen molar-refractivity contribution in [2.75, 3.05) is 27.3 Å². The van der Waals surface area contributed by atoms with E-state index >= 15 is 0 Å². The van der Waals surface area contributed by atoms with Gasteiger partial charge in [0.05, 0.1) is 14.2 Å². The van der Waals surface area contributed by atoms with Crippen LogP contribution in [0.3, 0.4) is 0 Å². The number of carbonyl (C=O) groups is 1. The van der Waals surface area contributed by atoms with Crippen LogP contribution in [0.5, 0.6) is 11.5 Å². The maximum absolute atomic E-state index is 12.3. The first-order valence-corrected chi connectivity index (χ1v) is 6.25. The number of carbonyl (C=O) groups excluding carboxylic acids is 1. The summed E-state index contributed by atoms with van der Waals surface area (Å²) in [7, 11) is 3.19. The molecule has 2 rings (SSSR count). The van der Waals surface area contributed by atoms with Crippen LogP contribution in [0.4, 0.5) is 0 Å². The molecule has 1 amide bonds. The lowest BCUT2D eigenvalue weighted by Crippen LogP contribution is -2.38. The zero-order chi connectivity index (χ0) is 13.1. The average Bonchev–Trinajstić information content (AvgIpc) is 2.41. The van der Waals surface area contributed by atoms with Gasteiger partial charge >= 0.3 is 0 Å². The van der Waals surface area contributed by atoms with E-state index in [1.54, 1.807) is 20.3 Å². The highest BCUT2D eigenvalue weighted by Crippen LogP contribution is 2.33. The molecule has 0 aromatic heterocycles. The van der Waals surface area contributed by atoms with E-state index in [-0.39, 0.29) is 5.91 Å². The Morgan fingerprint density at radius 3 is 2.50 bits per heavy atom. The van der Waals surface area contributed by atoms with Crippen LogP contribution in [0.1, 0.15) is 29.3 Å². The third kappa shape index (κ3) is 2.15. The van der Waals surface area contributed by atoms with Crippen molar-refractivity contribution in [3.63, 3.8) is 0 Å². The summed E-state index contributed by atoms with van der Waals surface area (Å²) in [6.07, 6.45) is 1.86. The molecular formula is C14H19NO3. The van der Waals surface area contributed by atoms with Crippen LogP contribution in [0.25, 0.3) is 0 Å². The molecule has 1 aliphatic rings. The van der Waals surface area contributed by atoms with Gasteiger partial charge in [-0.25, -0.2) is 0 Å². The zero-order valence-electron chi connectivity index (χ0n) is 11.2. The molecule has 0 bridgehead atoms. The predicted octanol–water partition coefficient (Wildman–Crippen LogP) is 2.11. The second-order valence-electron chi connectivity index (χ2n) is 4.41. The molecule has 0 fully saturated rings. The van der Waals surface area contributed by atoms with E-state index in [0.717, 1.165) is 37.1 Å². The number of rotatable bonds is 4. The van der Waals surface area contributed by atoms with Crippen molar-refractivity contribution in [3.05, 3.63) is 23.3 Å². The third-order valence-electron chi connectivity index (χ3n) is 3.27. The summed E-state index contributed by atoms with van der Waals surface area (Å²) in [6.45, 7) is 3.68. The van der Waals surface area contributed by atoms with E-state index < -0.39 is 0 Å². The molecule has 0 saturated heterocycles. The standard InChI is InChI=1S/C14H19NO3/c1-4-6-15-7-5-10-8-12(17-2)13(18-3)9-11(10)14(15)16/h8-9H,4-7H2,1-3H3. The smallest absolute Gasteiger partial charge is 0.254 e.